The summed E-state index contributed by atoms with van der Waals surface area (Å²) in [6.07, 6.45) is 2.81. The maximum absolute atomic E-state index is 10.8. The van der Waals surface area contributed by atoms with E-state index in [-0.39, 0.29) is 0 Å². The number of rotatable bonds is 0. The fourth-order valence-corrected chi connectivity index (χ4v) is 0.829. The average molecular weight is 134 g/mol. The molecule has 2 aromatic heterocycles. The highest BCUT2D eigenvalue weighted by atomic mass is 16.5. The lowest BCUT2D eigenvalue weighted by molar-refractivity contribution is 1.11. The molecule has 0 amide bonds. The van der Waals surface area contributed by atoms with E-state index in [9.17, 15) is 5.21 Å². The second-order valence-corrected chi connectivity index (χ2v) is 1.92. The van der Waals surface area contributed by atoms with Crippen LogP contribution in [0.2, 0.25) is 0 Å². The Bertz CT molecular complexity index is 355. The quantitative estimate of drug-likeness (QED) is 0.534. The van der Waals surface area contributed by atoms with Crippen molar-refractivity contribution in [1.29, 1.82) is 0 Å². The number of nitrogens with zero attached hydrogens (tertiary/aromatic N) is 3. The molecule has 0 fully saturated rings. The third-order valence-corrected chi connectivity index (χ3v) is 1.29. The topological polar surface area (TPSA) is 53.8 Å². The highest BCUT2D eigenvalue weighted by Crippen LogP contribution is 2.05. The Morgan fingerprint density at radius 3 is 3.10 bits per heavy atom. The van der Waals surface area contributed by atoms with Crippen molar-refractivity contribution >= 4 is 11.2 Å². The van der Waals surface area contributed by atoms with E-state index in [1.54, 1.807) is 18.3 Å². The summed E-state index contributed by atoms with van der Waals surface area (Å²) in [5, 5.41) is 10.8. The van der Waals surface area contributed by atoms with Crippen molar-refractivity contribution in [2.45, 2.75) is 0 Å². The molecule has 0 aliphatic heterocycles. The Morgan fingerprint density at radius 1 is 1.40 bits per heavy atom. The van der Waals surface area contributed by atoms with Gasteiger partial charge in [0.25, 0.3) is 0 Å². The van der Waals surface area contributed by atoms with Gasteiger partial charge in [0.2, 0.25) is 0 Å². The lowest BCUT2D eigenvalue weighted by Gasteiger charge is -2.03. The van der Waals surface area contributed by atoms with E-state index < -0.39 is 0 Å². The summed E-state index contributed by atoms with van der Waals surface area (Å²) in [5.41, 5.74) is 1.01. The number of aromatic nitrogens is 3. The molecule has 0 radical (unpaired) electrons. The molecule has 0 aliphatic rings. The number of hydrogen-bond acceptors (Lipinski definition) is 3. The second-order valence-electron chi connectivity index (χ2n) is 1.92. The number of hydrogen-bond donors (Lipinski definition) is 0. The van der Waals surface area contributed by atoms with Gasteiger partial charge in [-0.25, -0.2) is 9.97 Å². The lowest BCUT2D eigenvalue weighted by atomic mass is 10.4. The third kappa shape index (κ3) is 0.556. The van der Waals surface area contributed by atoms with Crippen LogP contribution in [0.25, 0.3) is 11.2 Å². The molecule has 4 nitrogen and oxygen atoms in total. The lowest BCUT2D eigenvalue weighted by Crippen LogP contribution is -1.80. The molecule has 0 aromatic carbocycles. The standard InChI is InChI=1S/C6H4N3O/c10-9-4-8-6-5(9)2-1-3-7-6/h1-4H/q-1. The van der Waals surface area contributed by atoms with Crippen LogP contribution in [0.1, 0.15) is 0 Å². The van der Waals surface area contributed by atoms with Gasteiger partial charge in [0.1, 0.15) is 0 Å². The van der Waals surface area contributed by atoms with Crippen LogP contribution >= 0.6 is 0 Å². The van der Waals surface area contributed by atoms with Crippen LogP contribution in [0.15, 0.2) is 24.7 Å². The molecule has 0 spiro atoms. The summed E-state index contributed by atoms with van der Waals surface area (Å²) in [7, 11) is 0. The molecule has 0 N–H and O–H groups in total. The zero-order valence-corrected chi connectivity index (χ0v) is 5.06. The molecular formula is C6H4N3O-. The summed E-state index contributed by atoms with van der Waals surface area (Å²) in [4.78, 5) is 7.63. The van der Waals surface area contributed by atoms with Crippen molar-refractivity contribution in [2.75, 3.05) is 0 Å². The van der Waals surface area contributed by atoms with E-state index in [0.29, 0.717) is 15.9 Å². The van der Waals surface area contributed by atoms with Crippen molar-refractivity contribution < 1.29 is 0 Å². The predicted molar refractivity (Wildman–Crippen MR) is 36.3 cm³/mol. The second kappa shape index (κ2) is 1.70. The molecule has 0 unspecified atom stereocenters. The molecule has 10 heavy (non-hydrogen) atoms. The molecular weight excluding hydrogens is 130 g/mol. The maximum Gasteiger partial charge on any atom is 0.177 e. The van der Waals surface area contributed by atoms with Gasteiger partial charge in [-0.15, -0.1) is 0 Å². The van der Waals surface area contributed by atoms with Crippen LogP contribution in [0, 0.1) is 5.21 Å². The van der Waals surface area contributed by atoms with Gasteiger partial charge in [0.05, 0.1) is 11.8 Å². The van der Waals surface area contributed by atoms with Crippen LogP contribution in [-0.4, -0.2) is 14.7 Å². The fraction of sp³-hybridized carbons (Fsp3) is 0. The molecule has 0 bridgehead atoms. The van der Waals surface area contributed by atoms with Gasteiger partial charge in [0, 0.05) is 6.20 Å². The van der Waals surface area contributed by atoms with E-state index in [1.807, 2.05) is 0 Å². The Labute approximate surface area is 56.7 Å². The van der Waals surface area contributed by atoms with Gasteiger partial charge in [0.15, 0.2) is 5.65 Å². The minimum absolute atomic E-state index is 0.498. The van der Waals surface area contributed by atoms with Crippen LogP contribution < -0.4 is 0 Å². The first-order valence-electron chi connectivity index (χ1n) is 2.83. The zero-order valence-electron chi connectivity index (χ0n) is 5.06. The summed E-state index contributed by atoms with van der Waals surface area (Å²) < 4.78 is 0.697. The van der Waals surface area contributed by atoms with E-state index in [1.165, 1.54) is 6.33 Å². The molecule has 2 heterocycles. The van der Waals surface area contributed by atoms with Gasteiger partial charge < -0.3 is 9.94 Å². The number of pyridine rings is 1. The van der Waals surface area contributed by atoms with Gasteiger partial charge in [-0.05, 0) is 12.1 Å². The van der Waals surface area contributed by atoms with E-state index >= 15 is 0 Å². The monoisotopic (exact) mass is 134 g/mol. The van der Waals surface area contributed by atoms with Crippen molar-refractivity contribution in [3.63, 3.8) is 0 Å². The Morgan fingerprint density at radius 2 is 2.30 bits per heavy atom. The summed E-state index contributed by atoms with van der Waals surface area (Å²) in [6, 6.07) is 3.39. The fourth-order valence-electron chi connectivity index (χ4n) is 0.829. The zero-order chi connectivity index (χ0) is 6.97. The predicted octanol–water partition coefficient (Wildman–Crippen LogP) is 0.777. The van der Waals surface area contributed by atoms with Crippen LogP contribution in [-0.2, 0) is 0 Å². The average Bonchev–Trinajstić information content (AvgIpc) is 2.34. The van der Waals surface area contributed by atoms with Gasteiger partial charge in [-0.1, -0.05) is 0 Å². The first-order chi connectivity index (χ1) is 4.88. The van der Waals surface area contributed by atoms with Crippen LogP contribution in [0.4, 0.5) is 0 Å². The SMILES string of the molecule is [O-]n1cnc2ncccc21. The summed E-state index contributed by atoms with van der Waals surface area (Å²) >= 11 is 0. The largest absolute Gasteiger partial charge is 0.804 e. The minimum atomic E-state index is 0.498. The van der Waals surface area contributed by atoms with Crippen LogP contribution in [0.3, 0.4) is 0 Å². The van der Waals surface area contributed by atoms with Crippen molar-refractivity contribution in [1.82, 2.24) is 14.7 Å². The summed E-state index contributed by atoms with van der Waals surface area (Å²) in [5.74, 6) is 0. The third-order valence-electron chi connectivity index (χ3n) is 1.29. The van der Waals surface area contributed by atoms with E-state index in [2.05, 4.69) is 9.97 Å². The highest BCUT2D eigenvalue weighted by Gasteiger charge is 1.93. The normalized spacial score (nSPS) is 10.4. The summed E-state index contributed by atoms with van der Waals surface area (Å²) in [6.45, 7) is 0. The van der Waals surface area contributed by atoms with E-state index in [4.69, 9.17) is 0 Å². The number of imidazole rings is 1. The maximum atomic E-state index is 10.8. The molecule has 0 aliphatic carbocycles. The Hall–Kier alpha value is -1.58. The van der Waals surface area contributed by atoms with Gasteiger partial charge in [-0.3, -0.25) is 0 Å². The molecule has 0 atom stereocenters. The molecule has 4 heteroatoms. The molecule has 50 valence electrons. The van der Waals surface area contributed by atoms with Crippen LogP contribution in [0.5, 0.6) is 0 Å². The Balaban J connectivity index is 2.93. The first kappa shape index (κ1) is 5.22. The first-order valence-corrected chi connectivity index (χ1v) is 2.83. The van der Waals surface area contributed by atoms with E-state index in [0.717, 1.165) is 0 Å². The van der Waals surface area contributed by atoms with Gasteiger partial charge in [-0.2, -0.15) is 0 Å². The van der Waals surface area contributed by atoms with Gasteiger partial charge >= 0.3 is 0 Å². The van der Waals surface area contributed by atoms with Crippen molar-refractivity contribution in [3.8, 4) is 0 Å². The smallest absolute Gasteiger partial charge is 0.177 e. The molecule has 0 saturated heterocycles. The molecule has 0 saturated carbocycles. The Kier molecular flexibility index (Phi) is 0.887. The molecule has 2 rings (SSSR count). The minimum Gasteiger partial charge on any atom is -0.804 e. The molecule has 2 aromatic rings. The highest BCUT2D eigenvalue weighted by molar-refractivity contribution is 5.70. The number of fused-ring (bicyclic) bond motifs is 1. The van der Waals surface area contributed by atoms with Crippen molar-refractivity contribution in [3.05, 3.63) is 29.9 Å². The van der Waals surface area contributed by atoms with Crippen molar-refractivity contribution in [2.24, 2.45) is 0 Å².